The molecule has 0 aliphatic heterocycles. The zero-order chi connectivity index (χ0) is 11.4. The van der Waals surface area contributed by atoms with Gasteiger partial charge in [0.05, 0.1) is 7.11 Å². The number of hydrogen-bond acceptors (Lipinski definition) is 4. The normalized spacial score (nSPS) is 12.9. The first-order valence-corrected chi connectivity index (χ1v) is 5.13. The van der Waals surface area contributed by atoms with E-state index in [1.54, 1.807) is 0 Å². The maximum absolute atomic E-state index is 11.2. The Morgan fingerprint density at radius 2 is 2.27 bits per heavy atom. The zero-order valence-corrected chi connectivity index (χ0v) is 9.61. The van der Waals surface area contributed by atoms with Crippen LogP contribution in [0.3, 0.4) is 0 Å². The molecule has 0 spiro atoms. The van der Waals surface area contributed by atoms with Crippen molar-refractivity contribution in [3.05, 3.63) is 17.8 Å². The Morgan fingerprint density at radius 1 is 1.60 bits per heavy atom. The topological polar surface area (TPSA) is 52.3 Å². The number of carbonyl (C=O) groups excluding carboxylic acids is 1. The predicted molar refractivity (Wildman–Crippen MR) is 55.7 cm³/mol. The fourth-order valence-corrected chi connectivity index (χ4v) is 1.59. The monoisotopic (exact) mass is 211 g/mol. The first-order valence-electron chi connectivity index (χ1n) is 5.13. The summed E-state index contributed by atoms with van der Waals surface area (Å²) in [5, 5.41) is 0. The molecule has 4 heteroatoms. The highest BCUT2D eigenvalue weighted by atomic mass is 16.5. The molecule has 0 fully saturated rings. The van der Waals surface area contributed by atoms with E-state index < -0.39 is 5.97 Å². The Labute approximate surface area is 89.6 Å². The highest BCUT2D eigenvalue weighted by Crippen LogP contribution is 2.26. The van der Waals surface area contributed by atoms with Gasteiger partial charge in [-0.15, -0.1) is 0 Å². The van der Waals surface area contributed by atoms with Crippen molar-refractivity contribution >= 4 is 5.97 Å². The van der Waals surface area contributed by atoms with E-state index in [2.05, 4.69) is 30.5 Å². The van der Waals surface area contributed by atoms with Gasteiger partial charge in [-0.25, -0.2) is 9.78 Å². The summed E-state index contributed by atoms with van der Waals surface area (Å²) in [6.07, 6.45) is 2.30. The lowest BCUT2D eigenvalue weighted by Crippen LogP contribution is -2.07. The first kappa shape index (κ1) is 11.8. The molecule has 0 aliphatic carbocycles. The van der Waals surface area contributed by atoms with Gasteiger partial charge in [-0.1, -0.05) is 20.8 Å². The molecule has 0 N–H and O–H groups in total. The molecule has 1 rings (SSSR count). The third-order valence-electron chi connectivity index (χ3n) is 2.48. The van der Waals surface area contributed by atoms with E-state index in [4.69, 9.17) is 4.42 Å². The van der Waals surface area contributed by atoms with E-state index in [9.17, 15) is 4.79 Å². The number of rotatable bonds is 4. The highest BCUT2D eigenvalue weighted by Gasteiger charge is 2.21. The number of carbonyl (C=O) groups is 1. The Morgan fingerprint density at radius 3 is 2.73 bits per heavy atom. The summed E-state index contributed by atoms with van der Waals surface area (Å²) in [6, 6.07) is 0. The van der Waals surface area contributed by atoms with Crippen molar-refractivity contribution in [2.24, 2.45) is 5.92 Å². The van der Waals surface area contributed by atoms with Crippen LogP contribution in [0.25, 0.3) is 0 Å². The quantitative estimate of drug-likeness (QED) is 0.718. The van der Waals surface area contributed by atoms with E-state index in [0.717, 1.165) is 6.42 Å². The number of esters is 1. The highest BCUT2D eigenvalue weighted by molar-refractivity contribution is 5.86. The standard InChI is InChI=1S/C11H17NO3/c1-5-8(7(2)3)10-12-9(6-15-10)11(13)14-4/h6-8H,5H2,1-4H3/t8-/m1/s1. The Hall–Kier alpha value is -1.32. The molecule has 0 radical (unpaired) electrons. The second kappa shape index (κ2) is 4.96. The fraction of sp³-hybridized carbons (Fsp3) is 0.636. The molecule has 84 valence electrons. The van der Waals surface area contributed by atoms with Crippen LogP contribution < -0.4 is 0 Å². The summed E-state index contributed by atoms with van der Waals surface area (Å²) in [7, 11) is 1.33. The molecule has 0 aromatic carbocycles. The lowest BCUT2D eigenvalue weighted by Gasteiger charge is -2.14. The van der Waals surface area contributed by atoms with E-state index >= 15 is 0 Å². The summed E-state index contributed by atoms with van der Waals surface area (Å²) in [5.41, 5.74) is 0.242. The van der Waals surface area contributed by atoms with Gasteiger partial charge in [0, 0.05) is 5.92 Å². The molecule has 0 bridgehead atoms. The van der Waals surface area contributed by atoms with Crippen molar-refractivity contribution in [2.45, 2.75) is 33.1 Å². The predicted octanol–water partition coefficient (Wildman–Crippen LogP) is 2.61. The average molecular weight is 211 g/mol. The van der Waals surface area contributed by atoms with E-state index in [-0.39, 0.29) is 11.6 Å². The van der Waals surface area contributed by atoms with E-state index in [0.29, 0.717) is 11.8 Å². The lowest BCUT2D eigenvalue weighted by molar-refractivity contribution is 0.0594. The van der Waals surface area contributed by atoms with E-state index in [1.807, 2.05) is 0 Å². The minimum absolute atomic E-state index is 0.242. The van der Waals surface area contributed by atoms with Gasteiger partial charge in [-0.2, -0.15) is 0 Å². The van der Waals surface area contributed by atoms with Crippen molar-refractivity contribution in [1.82, 2.24) is 4.98 Å². The second-order valence-corrected chi connectivity index (χ2v) is 3.82. The maximum Gasteiger partial charge on any atom is 0.360 e. The molecule has 4 nitrogen and oxygen atoms in total. The minimum atomic E-state index is -0.455. The van der Waals surface area contributed by atoms with Gasteiger partial charge in [0.1, 0.15) is 6.26 Å². The molecule has 1 aromatic rings. The fourth-order valence-electron chi connectivity index (χ4n) is 1.59. The summed E-state index contributed by atoms with van der Waals surface area (Å²) in [5.74, 6) is 0.860. The van der Waals surface area contributed by atoms with Crippen molar-refractivity contribution in [2.75, 3.05) is 7.11 Å². The van der Waals surface area contributed by atoms with Crippen LogP contribution in [0.15, 0.2) is 10.7 Å². The van der Waals surface area contributed by atoms with Crippen molar-refractivity contribution in [3.63, 3.8) is 0 Å². The molecule has 0 saturated carbocycles. The van der Waals surface area contributed by atoms with Gasteiger partial charge < -0.3 is 9.15 Å². The van der Waals surface area contributed by atoms with Crippen LogP contribution in [-0.4, -0.2) is 18.1 Å². The minimum Gasteiger partial charge on any atom is -0.464 e. The van der Waals surface area contributed by atoms with E-state index in [1.165, 1.54) is 13.4 Å². The maximum atomic E-state index is 11.2. The largest absolute Gasteiger partial charge is 0.464 e. The Balaban J connectivity index is 2.87. The van der Waals surface area contributed by atoms with Gasteiger partial charge in [0.15, 0.2) is 11.6 Å². The van der Waals surface area contributed by atoms with Crippen LogP contribution in [-0.2, 0) is 4.74 Å². The molecule has 1 atom stereocenters. The van der Waals surface area contributed by atoms with Crippen LogP contribution in [0.5, 0.6) is 0 Å². The summed E-state index contributed by atoms with van der Waals surface area (Å²) in [4.78, 5) is 15.3. The molecule has 0 aliphatic rings. The molecule has 1 heterocycles. The van der Waals surface area contributed by atoms with Crippen molar-refractivity contribution < 1.29 is 13.9 Å². The number of ether oxygens (including phenoxy) is 1. The van der Waals surface area contributed by atoms with Crippen LogP contribution in [0, 0.1) is 5.92 Å². The molecule has 0 amide bonds. The second-order valence-electron chi connectivity index (χ2n) is 3.82. The third kappa shape index (κ3) is 2.58. The molecule has 0 saturated heterocycles. The number of aromatic nitrogens is 1. The molecule has 15 heavy (non-hydrogen) atoms. The third-order valence-corrected chi connectivity index (χ3v) is 2.48. The van der Waals surface area contributed by atoms with Crippen LogP contribution in [0.4, 0.5) is 0 Å². The molecular weight excluding hydrogens is 194 g/mol. The van der Waals surface area contributed by atoms with Crippen molar-refractivity contribution in [1.29, 1.82) is 0 Å². The summed E-state index contributed by atoms with van der Waals surface area (Å²) < 4.78 is 9.85. The summed E-state index contributed by atoms with van der Waals surface area (Å²) in [6.45, 7) is 6.29. The summed E-state index contributed by atoms with van der Waals surface area (Å²) >= 11 is 0. The van der Waals surface area contributed by atoms with Crippen molar-refractivity contribution in [3.8, 4) is 0 Å². The number of hydrogen-bond donors (Lipinski definition) is 0. The van der Waals surface area contributed by atoms with Gasteiger partial charge in [-0.3, -0.25) is 0 Å². The van der Waals surface area contributed by atoms with Crippen LogP contribution in [0.2, 0.25) is 0 Å². The first-order chi connectivity index (χ1) is 7.10. The Bertz CT molecular complexity index is 330. The van der Waals surface area contributed by atoms with Crippen LogP contribution >= 0.6 is 0 Å². The zero-order valence-electron chi connectivity index (χ0n) is 9.61. The van der Waals surface area contributed by atoms with Crippen LogP contribution in [0.1, 0.15) is 49.5 Å². The number of nitrogens with zero attached hydrogens (tertiary/aromatic N) is 1. The Kier molecular flexibility index (Phi) is 3.88. The van der Waals surface area contributed by atoms with Gasteiger partial charge in [-0.05, 0) is 12.3 Å². The molecule has 0 unspecified atom stereocenters. The molecule has 1 aromatic heterocycles. The SMILES string of the molecule is CC[C@@H](c1nc(C(=O)OC)co1)C(C)C. The average Bonchev–Trinajstić information content (AvgIpc) is 2.66. The van der Waals surface area contributed by atoms with Gasteiger partial charge in [0.25, 0.3) is 0 Å². The number of oxazole rings is 1. The number of methoxy groups -OCH3 is 1. The lowest BCUT2D eigenvalue weighted by atomic mass is 9.93. The molecular formula is C11H17NO3. The van der Waals surface area contributed by atoms with Gasteiger partial charge >= 0.3 is 5.97 Å². The smallest absolute Gasteiger partial charge is 0.360 e. The van der Waals surface area contributed by atoms with Gasteiger partial charge in [0.2, 0.25) is 0 Å².